The standard InChI is InChI=1S/C21H24N4O2/c1-14(27-19-8-6-5-7-18(19)26-4)13-23-20-15(2)16(3)24-21(25-20)17-9-11-22-12-10-17/h5-12,14H,13H2,1-4H3,(H,23,24,25). The Morgan fingerprint density at radius 2 is 1.70 bits per heavy atom. The topological polar surface area (TPSA) is 69.2 Å². The Hall–Kier alpha value is -3.15. The second-order valence-corrected chi connectivity index (χ2v) is 6.30. The van der Waals surface area contributed by atoms with Gasteiger partial charge in [0.25, 0.3) is 0 Å². The Kier molecular flexibility index (Phi) is 5.86. The number of nitrogens with one attached hydrogen (secondary N) is 1. The highest BCUT2D eigenvalue weighted by Crippen LogP contribution is 2.27. The first kappa shape index (κ1) is 18.6. The highest BCUT2D eigenvalue weighted by molar-refractivity contribution is 5.59. The molecule has 3 aromatic rings. The molecular formula is C21H24N4O2. The number of aromatic nitrogens is 3. The van der Waals surface area contributed by atoms with Crippen LogP contribution in [0.1, 0.15) is 18.2 Å². The van der Waals surface area contributed by atoms with E-state index in [4.69, 9.17) is 9.47 Å². The molecule has 1 unspecified atom stereocenters. The molecule has 0 spiro atoms. The minimum atomic E-state index is -0.0691. The molecule has 0 saturated carbocycles. The van der Waals surface area contributed by atoms with Crippen LogP contribution >= 0.6 is 0 Å². The first-order valence-corrected chi connectivity index (χ1v) is 8.87. The summed E-state index contributed by atoms with van der Waals surface area (Å²) in [6.45, 7) is 6.61. The molecule has 1 N–H and O–H groups in total. The second kappa shape index (κ2) is 8.49. The van der Waals surface area contributed by atoms with E-state index >= 15 is 0 Å². The van der Waals surface area contributed by atoms with Gasteiger partial charge in [-0.25, -0.2) is 9.97 Å². The normalized spacial score (nSPS) is 11.7. The zero-order chi connectivity index (χ0) is 19.2. The number of aryl methyl sites for hydroxylation is 1. The monoisotopic (exact) mass is 364 g/mol. The first-order chi connectivity index (χ1) is 13.1. The number of hydrogen-bond donors (Lipinski definition) is 1. The molecule has 27 heavy (non-hydrogen) atoms. The molecule has 1 atom stereocenters. The molecule has 2 heterocycles. The lowest BCUT2D eigenvalue weighted by Crippen LogP contribution is -2.24. The maximum Gasteiger partial charge on any atom is 0.161 e. The third kappa shape index (κ3) is 4.53. The summed E-state index contributed by atoms with van der Waals surface area (Å²) in [5.74, 6) is 2.94. The fourth-order valence-corrected chi connectivity index (χ4v) is 2.65. The molecule has 0 aliphatic rings. The van der Waals surface area contributed by atoms with Crippen molar-refractivity contribution in [1.29, 1.82) is 0 Å². The van der Waals surface area contributed by atoms with Crippen molar-refractivity contribution in [3.8, 4) is 22.9 Å². The van der Waals surface area contributed by atoms with Gasteiger partial charge in [0.15, 0.2) is 17.3 Å². The lowest BCUT2D eigenvalue weighted by atomic mass is 10.2. The number of anilines is 1. The van der Waals surface area contributed by atoms with Gasteiger partial charge in [0.2, 0.25) is 0 Å². The number of hydrogen-bond acceptors (Lipinski definition) is 6. The minimum absolute atomic E-state index is 0.0691. The number of rotatable bonds is 7. The van der Waals surface area contributed by atoms with Gasteiger partial charge in [-0.3, -0.25) is 4.98 Å². The van der Waals surface area contributed by atoms with E-state index in [9.17, 15) is 0 Å². The molecule has 0 radical (unpaired) electrons. The summed E-state index contributed by atoms with van der Waals surface area (Å²) in [7, 11) is 1.64. The predicted molar refractivity (Wildman–Crippen MR) is 106 cm³/mol. The molecule has 6 nitrogen and oxygen atoms in total. The van der Waals surface area contributed by atoms with E-state index in [1.54, 1.807) is 19.5 Å². The Balaban J connectivity index is 1.72. The average Bonchev–Trinajstić information content (AvgIpc) is 2.70. The van der Waals surface area contributed by atoms with Crippen molar-refractivity contribution in [3.63, 3.8) is 0 Å². The summed E-state index contributed by atoms with van der Waals surface area (Å²) in [5.41, 5.74) is 2.91. The van der Waals surface area contributed by atoms with Gasteiger partial charge in [0.05, 0.1) is 13.7 Å². The smallest absolute Gasteiger partial charge is 0.161 e. The fourth-order valence-electron chi connectivity index (χ4n) is 2.65. The van der Waals surface area contributed by atoms with E-state index in [1.807, 2.05) is 57.2 Å². The van der Waals surface area contributed by atoms with Crippen molar-refractivity contribution in [1.82, 2.24) is 15.0 Å². The Labute approximate surface area is 159 Å². The van der Waals surface area contributed by atoms with E-state index in [2.05, 4.69) is 20.3 Å². The number of methoxy groups -OCH3 is 1. The molecule has 0 aliphatic carbocycles. The zero-order valence-electron chi connectivity index (χ0n) is 16.1. The molecular weight excluding hydrogens is 340 g/mol. The summed E-state index contributed by atoms with van der Waals surface area (Å²) < 4.78 is 11.3. The van der Waals surface area contributed by atoms with Crippen LogP contribution in [-0.4, -0.2) is 34.7 Å². The van der Waals surface area contributed by atoms with E-state index in [-0.39, 0.29) is 6.10 Å². The third-order valence-electron chi connectivity index (χ3n) is 4.28. The number of nitrogens with zero attached hydrogens (tertiary/aromatic N) is 3. The lowest BCUT2D eigenvalue weighted by molar-refractivity contribution is 0.223. The van der Waals surface area contributed by atoms with E-state index in [0.717, 1.165) is 34.1 Å². The summed E-state index contributed by atoms with van der Waals surface area (Å²) in [5, 5.41) is 3.39. The quantitative estimate of drug-likeness (QED) is 0.682. The number of ether oxygens (including phenoxy) is 2. The molecule has 140 valence electrons. The van der Waals surface area contributed by atoms with Gasteiger partial charge in [-0.1, -0.05) is 12.1 Å². The van der Waals surface area contributed by atoms with Crippen LogP contribution in [0.5, 0.6) is 11.5 Å². The van der Waals surface area contributed by atoms with Crippen LogP contribution in [0.25, 0.3) is 11.4 Å². The van der Waals surface area contributed by atoms with Gasteiger partial charge in [-0.15, -0.1) is 0 Å². The largest absolute Gasteiger partial charge is 0.493 e. The van der Waals surface area contributed by atoms with Crippen LogP contribution in [-0.2, 0) is 0 Å². The summed E-state index contributed by atoms with van der Waals surface area (Å²) in [6.07, 6.45) is 3.41. The van der Waals surface area contributed by atoms with E-state index < -0.39 is 0 Å². The summed E-state index contributed by atoms with van der Waals surface area (Å²) in [6, 6.07) is 11.4. The van der Waals surface area contributed by atoms with Crippen LogP contribution in [0.15, 0.2) is 48.8 Å². The lowest BCUT2D eigenvalue weighted by Gasteiger charge is -2.19. The van der Waals surface area contributed by atoms with Crippen molar-refractivity contribution < 1.29 is 9.47 Å². The van der Waals surface area contributed by atoms with Crippen LogP contribution in [0.2, 0.25) is 0 Å². The first-order valence-electron chi connectivity index (χ1n) is 8.87. The highest BCUT2D eigenvalue weighted by atomic mass is 16.5. The molecule has 0 bridgehead atoms. The molecule has 0 aliphatic heterocycles. The van der Waals surface area contributed by atoms with Gasteiger partial charge in [0, 0.05) is 29.2 Å². The Morgan fingerprint density at radius 3 is 2.41 bits per heavy atom. The molecule has 3 rings (SSSR count). The van der Waals surface area contributed by atoms with E-state index in [1.165, 1.54) is 0 Å². The summed E-state index contributed by atoms with van der Waals surface area (Å²) >= 11 is 0. The zero-order valence-corrected chi connectivity index (χ0v) is 16.1. The predicted octanol–water partition coefficient (Wildman–Crippen LogP) is 4.04. The fraction of sp³-hybridized carbons (Fsp3) is 0.286. The van der Waals surface area contributed by atoms with Crippen LogP contribution < -0.4 is 14.8 Å². The van der Waals surface area contributed by atoms with Crippen LogP contribution in [0.3, 0.4) is 0 Å². The molecule has 2 aromatic heterocycles. The third-order valence-corrected chi connectivity index (χ3v) is 4.28. The summed E-state index contributed by atoms with van der Waals surface area (Å²) in [4.78, 5) is 13.3. The molecule has 0 fully saturated rings. The molecule has 0 amide bonds. The van der Waals surface area contributed by atoms with Crippen molar-refractivity contribution in [2.45, 2.75) is 26.9 Å². The van der Waals surface area contributed by atoms with Gasteiger partial charge in [-0.05, 0) is 45.0 Å². The highest BCUT2D eigenvalue weighted by Gasteiger charge is 2.12. The maximum absolute atomic E-state index is 6.00. The van der Waals surface area contributed by atoms with Gasteiger partial charge in [0.1, 0.15) is 11.9 Å². The number of para-hydroxylation sites is 2. The SMILES string of the molecule is COc1ccccc1OC(C)CNc1nc(-c2ccncc2)nc(C)c1C. The number of benzene rings is 1. The van der Waals surface area contributed by atoms with Gasteiger partial charge in [-0.2, -0.15) is 0 Å². The van der Waals surface area contributed by atoms with Gasteiger partial charge >= 0.3 is 0 Å². The maximum atomic E-state index is 6.00. The van der Waals surface area contributed by atoms with E-state index in [0.29, 0.717) is 12.4 Å². The average molecular weight is 364 g/mol. The van der Waals surface area contributed by atoms with Crippen molar-refractivity contribution in [2.75, 3.05) is 19.0 Å². The second-order valence-electron chi connectivity index (χ2n) is 6.30. The van der Waals surface area contributed by atoms with Crippen molar-refractivity contribution >= 4 is 5.82 Å². The molecule has 6 heteroatoms. The van der Waals surface area contributed by atoms with Gasteiger partial charge < -0.3 is 14.8 Å². The van der Waals surface area contributed by atoms with Crippen LogP contribution in [0.4, 0.5) is 5.82 Å². The molecule has 0 saturated heterocycles. The number of pyridine rings is 1. The Bertz CT molecular complexity index is 900. The molecule has 1 aromatic carbocycles. The van der Waals surface area contributed by atoms with Crippen molar-refractivity contribution in [3.05, 3.63) is 60.0 Å². The van der Waals surface area contributed by atoms with Crippen molar-refractivity contribution in [2.24, 2.45) is 0 Å². The van der Waals surface area contributed by atoms with Crippen LogP contribution in [0, 0.1) is 13.8 Å². The Morgan fingerprint density at radius 1 is 1.00 bits per heavy atom. The minimum Gasteiger partial charge on any atom is -0.493 e.